The van der Waals surface area contributed by atoms with Crippen molar-refractivity contribution in [1.82, 2.24) is 4.57 Å². The van der Waals surface area contributed by atoms with Gasteiger partial charge in [-0.05, 0) is 25.1 Å². The molecule has 0 bridgehead atoms. The Morgan fingerprint density at radius 2 is 2.04 bits per heavy atom. The van der Waals surface area contributed by atoms with Gasteiger partial charge >= 0.3 is 0 Å². The standard InChI is InChI=1S/C17H18N2O5S/c1-10-7-15(22)16(17(23)18(10)3)14(21)6-5-13-8-12(9-25-13)19(24-4)11(2)20/h5-9,22H,1-4H3/b6-5+. The van der Waals surface area contributed by atoms with E-state index in [4.69, 9.17) is 4.84 Å². The first-order chi connectivity index (χ1) is 11.8. The number of aryl methyl sites for hydroxylation is 1. The number of carbonyl (C=O) groups is 2. The molecular weight excluding hydrogens is 344 g/mol. The molecule has 25 heavy (non-hydrogen) atoms. The van der Waals surface area contributed by atoms with Gasteiger partial charge in [0.15, 0.2) is 5.78 Å². The van der Waals surface area contributed by atoms with Gasteiger partial charge in [0.2, 0.25) is 5.91 Å². The zero-order valence-electron chi connectivity index (χ0n) is 14.3. The summed E-state index contributed by atoms with van der Waals surface area (Å²) >= 11 is 1.30. The van der Waals surface area contributed by atoms with Gasteiger partial charge in [-0.1, -0.05) is 0 Å². The maximum absolute atomic E-state index is 12.3. The number of hydroxylamine groups is 1. The summed E-state index contributed by atoms with van der Waals surface area (Å²) in [5.74, 6) is -1.22. The van der Waals surface area contributed by atoms with Gasteiger partial charge in [0, 0.05) is 36.0 Å². The highest BCUT2D eigenvalue weighted by Crippen LogP contribution is 2.25. The Kier molecular flexibility index (Phi) is 5.55. The van der Waals surface area contributed by atoms with Crippen molar-refractivity contribution in [1.29, 1.82) is 0 Å². The summed E-state index contributed by atoms with van der Waals surface area (Å²) < 4.78 is 1.30. The molecule has 132 valence electrons. The van der Waals surface area contributed by atoms with E-state index in [0.29, 0.717) is 16.3 Å². The monoisotopic (exact) mass is 362 g/mol. The Morgan fingerprint density at radius 3 is 2.64 bits per heavy atom. The zero-order valence-corrected chi connectivity index (χ0v) is 15.1. The van der Waals surface area contributed by atoms with E-state index in [1.807, 2.05) is 0 Å². The zero-order chi connectivity index (χ0) is 18.7. The summed E-state index contributed by atoms with van der Waals surface area (Å²) in [4.78, 5) is 41.6. The van der Waals surface area contributed by atoms with Gasteiger partial charge in [-0.2, -0.15) is 5.06 Å². The molecule has 2 rings (SSSR count). The maximum Gasteiger partial charge on any atom is 0.265 e. The minimum absolute atomic E-state index is 0.275. The van der Waals surface area contributed by atoms with Crippen molar-refractivity contribution >= 4 is 34.8 Å². The molecule has 2 heterocycles. The van der Waals surface area contributed by atoms with Crippen LogP contribution in [0.5, 0.6) is 5.75 Å². The first-order valence-electron chi connectivity index (χ1n) is 7.31. The first kappa shape index (κ1) is 18.6. The second kappa shape index (κ2) is 7.45. The van der Waals surface area contributed by atoms with Crippen LogP contribution in [0.2, 0.25) is 0 Å². The number of anilines is 1. The molecule has 2 aromatic heterocycles. The van der Waals surface area contributed by atoms with Gasteiger partial charge in [0.25, 0.3) is 5.56 Å². The topological polar surface area (TPSA) is 88.8 Å². The Labute approximate surface area is 148 Å². The Bertz CT molecular complexity index is 910. The second-order valence-electron chi connectivity index (χ2n) is 5.31. The number of ketones is 1. The molecular formula is C17H18N2O5S. The Balaban J connectivity index is 2.28. The number of aromatic nitrogens is 1. The van der Waals surface area contributed by atoms with Gasteiger partial charge in [0.05, 0.1) is 12.8 Å². The number of pyridine rings is 1. The largest absolute Gasteiger partial charge is 0.507 e. The summed E-state index contributed by atoms with van der Waals surface area (Å²) in [7, 11) is 2.91. The van der Waals surface area contributed by atoms with Crippen LogP contribution >= 0.6 is 11.3 Å². The minimum atomic E-state index is -0.594. The molecule has 0 fully saturated rings. The maximum atomic E-state index is 12.3. The summed E-state index contributed by atoms with van der Waals surface area (Å²) in [5, 5.41) is 12.7. The van der Waals surface area contributed by atoms with E-state index < -0.39 is 11.3 Å². The number of carbonyl (C=O) groups excluding carboxylic acids is 2. The number of rotatable bonds is 5. The van der Waals surface area contributed by atoms with E-state index in [1.165, 1.54) is 55.2 Å². The van der Waals surface area contributed by atoms with Crippen LogP contribution in [0.3, 0.4) is 0 Å². The molecule has 0 saturated heterocycles. The highest BCUT2D eigenvalue weighted by atomic mass is 32.1. The molecule has 0 atom stereocenters. The summed E-state index contributed by atoms with van der Waals surface area (Å²) in [5.41, 5.74) is 0.264. The molecule has 2 aromatic rings. The molecule has 8 heteroatoms. The van der Waals surface area contributed by atoms with Crippen molar-refractivity contribution in [3.63, 3.8) is 0 Å². The number of thiophene rings is 1. The number of amides is 1. The molecule has 1 N–H and O–H groups in total. The summed E-state index contributed by atoms with van der Waals surface area (Å²) in [6.07, 6.45) is 2.73. The number of allylic oxidation sites excluding steroid dienone is 1. The number of hydrogen-bond donors (Lipinski definition) is 1. The van der Waals surface area contributed by atoms with E-state index >= 15 is 0 Å². The van der Waals surface area contributed by atoms with Crippen molar-refractivity contribution in [2.24, 2.45) is 7.05 Å². The molecule has 0 aliphatic carbocycles. The number of hydrogen-bond acceptors (Lipinski definition) is 6. The lowest BCUT2D eigenvalue weighted by atomic mass is 10.1. The van der Waals surface area contributed by atoms with Crippen LogP contribution in [0.25, 0.3) is 6.08 Å². The third-order valence-electron chi connectivity index (χ3n) is 3.60. The lowest BCUT2D eigenvalue weighted by Gasteiger charge is -2.15. The van der Waals surface area contributed by atoms with E-state index in [9.17, 15) is 19.5 Å². The quantitative estimate of drug-likeness (QED) is 0.501. The molecule has 0 radical (unpaired) electrons. The average Bonchev–Trinajstić information content (AvgIpc) is 2.99. The molecule has 1 amide bonds. The third-order valence-corrected chi connectivity index (χ3v) is 4.49. The normalized spacial score (nSPS) is 11.0. The highest BCUT2D eigenvalue weighted by Gasteiger charge is 2.17. The van der Waals surface area contributed by atoms with Crippen LogP contribution in [0.1, 0.15) is 27.9 Å². The van der Waals surface area contributed by atoms with Crippen molar-refractivity contribution in [3.05, 3.63) is 50.1 Å². The molecule has 0 aromatic carbocycles. The van der Waals surface area contributed by atoms with Crippen molar-refractivity contribution in [2.45, 2.75) is 13.8 Å². The molecule has 7 nitrogen and oxygen atoms in total. The fourth-order valence-corrected chi connectivity index (χ4v) is 2.98. The minimum Gasteiger partial charge on any atom is -0.507 e. The highest BCUT2D eigenvalue weighted by molar-refractivity contribution is 7.11. The van der Waals surface area contributed by atoms with Gasteiger partial charge in [-0.15, -0.1) is 11.3 Å². The van der Waals surface area contributed by atoms with E-state index in [2.05, 4.69) is 0 Å². The van der Waals surface area contributed by atoms with Crippen molar-refractivity contribution in [2.75, 3.05) is 12.2 Å². The van der Waals surface area contributed by atoms with Crippen LogP contribution in [-0.4, -0.2) is 28.5 Å². The molecule has 0 unspecified atom stereocenters. The fourth-order valence-electron chi connectivity index (χ4n) is 2.23. The Morgan fingerprint density at radius 1 is 1.36 bits per heavy atom. The Hall–Kier alpha value is -2.71. The molecule has 0 spiro atoms. The number of aromatic hydroxyl groups is 1. The SMILES string of the molecule is CON(C(C)=O)c1csc(/C=C/C(=O)c2c(O)cc(C)n(C)c2=O)c1. The van der Waals surface area contributed by atoms with Crippen molar-refractivity contribution in [3.8, 4) is 5.75 Å². The van der Waals surface area contributed by atoms with Gasteiger partial charge < -0.3 is 9.67 Å². The van der Waals surface area contributed by atoms with E-state index in [0.717, 1.165) is 5.06 Å². The van der Waals surface area contributed by atoms with Crippen molar-refractivity contribution < 1.29 is 19.5 Å². The predicted octanol–water partition coefficient (Wildman–Crippen LogP) is 2.27. The van der Waals surface area contributed by atoms with E-state index in [1.54, 1.807) is 18.4 Å². The molecule has 0 saturated carbocycles. The smallest absolute Gasteiger partial charge is 0.265 e. The van der Waals surface area contributed by atoms with Gasteiger partial charge in [-0.3, -0.25) is 19.2 Å². The summed E-state index contributed by atoms with van der Waals surface area (Å²) in [6.45, 7) is 3.03. The summed E-state index contributed by atoms with van der Waals surface area (Å²) in [6, 6.07) is 3.04. The lowest BCUT2D eigenvalue weighted by Crippen LogP contribution is -2.26. The van der Waals surface area contributed by atoms with Gasteiger partial charge in [0.1, 0.15) is 11.3 Å². The second-order valence-corrected chi connectivity index (χ2v) is 6.25. The van der Waals surface area contributed by atoms with Crippen LogP contribution in [0.4, 0.5) is 5.69 Å². The predicted molar refractivity (Wildman–Crippen MR) is 95.9 cm³/mol. The van der Waals surface area contributed by atoms with Crippen LogP contribution in [-0.2, 0) is 16.7 Å². The van der Waals surface area contributed by atoms with Crippen LogP contribution in [0.15, 0.2) is 28.4 Å². The average molecular weight is 362 g/mol. The first-order valence-corrected chi connectivity index (χ1v) is 8.19. The van der Waals surface area contributed by atoms with Crippen LogP contribution < -0.4 is 10.6 Å². The lowest BCUT2D eigenvalue weighted by molar-refractivity contribution is -0.122. The van der Waals surface area contributed by atoms with Crippen LogP contribution in [0, 0.1) is 6.92 Å². The fraction of sp³-hybridized carbons (Fsp3) is 0.235. The van der Waals surface area contributed by atoms with E-state index in [-0.39, 0.29) is 17.2 Å². The molecule has 0 aliphatic rings. The molecule has 0 aliphatic heterocycles. The number of nitrogens with zero attached hydrogens (tertiary/aromatic N) is 2. The van der Waals surface area contributed by atoms with Gasteiger partial charge in [-0.25, -0.2) is 0 Å². The third kappa shape index (κ3) is 3.86.